The second-order valence-electron chi connectivity index (χ2n) is 10.4. The molecule has 2 saturated carbocycles. The molecular weight excluding hydrogens is 438 g/mol. The van der Waals surface area contributed by atoms with Crippen LogP contribution in [-0.4, -0.2) is 49.7 Å². The van der Waals surface area contributed by atoms with Crippen molar-refractivity contribution in [1.29, 1.82) is 0 Å². The smallest absolute Gasteiger partial charge is 0.243 e. The molecule has 8 heteroatoms. The SMILES string of the molecule is CC1Cc2cc(S(=O)(=O)N3CCCC(C(=O)NC4CCCCC4)C3)ccc2N1C(=O)C1CC1. The lowest BCUT2D eigenvalue weighted by Crippen LogP contribution is -2.47. The Balaban J connectivity index is 1.29. The van der Waals surface area contributed by atoms with Crippen LogP contribution in [0.1, 0.15) is 70.3 Å². The quantitative estimate of drug-likeness (QED) is 0.711. The number of amides is 2. The van der Waals surface area contributed by atoms with Gasteiger partial charge in [-0.05, 0) is 75.6 Å². The van der Waals surface area contributed by atoms with E-state index in [1.807, 2.05) is 11.8 Å². The van der Waals surface area contributed by atoms with Crippen LogP contribution < -0.4 is 10.2 Å². The fourth-order valence-electron chi connectivity index (χ4n) is 5.72. The highest BCUT2D eigenvalue weighted by atomic mass is 32.2. The molecule has 5 rings (SSSR count). The fourth-order valence-corrected chi connectivity index (χ4v) is 7.30. The number of rotatable bonds is 5. The number of benzene rings is 1. The van der Waals surface area contributed by atoms with Crippen LogP contribution in [0.4, 0.5) is 5.69 Å². The van der Waals surface area contributed by atoms with Gasteiger partial charge in [-0.2, -0.15) is 4.31 Å². The zero-order chi connectivity index (χ0) is 23.2. The van der Waals surface area contributed by atoms with Crippen molar-refractivity contribution < 1.29 is 18.0 Å². The van der Waals surface area contributed by atoms with E-state index >= 15 is 0 Å². The summed E-state index contributed by atoms with van der Waals surface area (Å²) in [6.45, 7) is 2.70. The topological polar surface area (TPSA) is 86.8 Å². The molecule has 0 bridgehead atoms. The highest BCUT2D eigenvalue weighted by Gasteiger charge is 2.40. The molecule has 2 amide bonds. The van der Waals surface area contributed by atoms with Crippen LogP contribution >= 0.6 is 0 Å². The van der Waals surface area contributed by atoms with Gasteiger partial charge in [-0.1, -0.05) is 19.3 Å². The van der Waals surface area contributed by atoms with Gasteiger partial charge < -0.3 is 10.2 Å². The molecule has 2 atom stereocenters. The predicted octanol–water partition coefficient (Wildman–Crippen LogP) is 3.22. The molecule has 0 aromatic heterocycles. The molecule has 0 radical (unpaired) electrons. The van der Waals surface area contributed by atoms with Gasteiger partial charge >= 0.3 is 0 Å². The molecule has 0 spiro atoms. The second-order valence-corrected chi connectivity index (χ2v) is 12.3. The Morgan fingerprint density at radius 2 is 1.73 bits per heavy atom. The lowest BCUT2D eigenvalue weighted by atomic mass is 9.93. The van der Waals surface area contributed by atoms with Crippen molar-refractivity contribution in [2.75, 3.05) is 18.0 Å². The third-order valence-electron chi connectivity index (χ3n) is 7.77. The van der Waals surface area contributed by atoms with Gasteiger partial charge in [0.15, 0.2) is 0 Å². The van der Waals surface area contributed by atoms with Gasteiger partial charge in [-0.15, -0.1) is 0 Å². The molecule has 2 aliphatic carbocycles. The first-order valence-corrected chi connectivity index (χ1v) is 14.0. The highest BCUT2D eigenvalue weighted by Crippen LogP contribution is 2.40. The van der Waals surface area contributed by atoms with Crippen molar-refractivity contribution >= 4 is 27.5 Å². The molecule has 2 aliphatic heterocycles. The molecular formula is C25H35N3O4S. The van der Waals surface area contributed by atoms with Crippen molar-refractivity contribution in [2.45, 2.75) is 88.1 Å². The van der Waals surface area contributed by atoms with E-state index < -0.39 is 10.0 Å². The average molecular weight is 474 g/mol. The average Bonchev–Trinajstić information content (AvgIpc) is 3.61. The Morgan fingerprint density at radius 1 is 0.970 bits per heavy atom. The highest BCUT2D eigenvalue weighted by molar-refractivity contribution is 7.89. The third kappa shape index (κ3) is 4.56. The van der Waals surface area contributed by atoms with E-state index in [0.29, 0.717) is 19.4 Å². The number of carbonyl (C=O) groups excluding carboxylic acids is 2. The van der Waals surface area contributed by atoms with E-state index in [2.05, 4.69) is 5.32 Å². The zero-order valence-corrected chi connectivity index (χ0v) is 20.3. The van der Waals surface area contributed by atoms with Crippen molar-refractivity contribution in [2.24, 2.45) is 11.8 Å². The summed E-state index contributed by atoms with van der Waals surface area (Å²) in [5, 5.41) is 3.17. The Hall–Kier alpha value is -1.93. The summed E-state index contributed by atoms with van der Waals surface area (Å²) in [5.74, 6) is 0.00178. The van der Waals surface area contributed by atoms with E-state index in [-0.39, 0.29) is 47.2 Å². The molecule has 4 aliphatic rings. The summed E-state index contributed by atoms with van der Waals surface area (Å²) in [6, 6.07) is 5.45. The Morgan fingerprint density at radius 3 is 2.45 bits per heavy atom. The number of anilines is 1. The van der Waals surface area contributed by atoms with E-state index in [1.54, 1.807) is 18.2 Å². The molecule has 33 heavy (non-hydrogen) atoms. The maximum absolute atomic E-state index is 13.5. The molecule has 3 fully saturated rings. The van der Waals surface area contributed by atoms with Crippen LogP contribution in [0.2, 0.25) is 0 Å². The Kier molecular flexibility index (Phi) is 6.25. The first-order chi connectivity index (χ1) is 15.8. The lowest BCUT2D eigenvalue weighted by Gasteiger charge is -2.33. The van der Waals surface area contributed by atoms with E-state index in [1.165, 1.54) is 10.7 Å². The minimum absolute atomic E-state index is 0.00110. The summed E-state index contributed by atoms with van der Waals surface area (Å²) in [6.07, 6.45) is 9.56. The lowest BCUT2D eigenvalue weighted by molar-refractivity contribution is -0.127. The summed E-state index contributed by atoms with van der Waals surface area (Å²) < 4.78 is 28.4. The Labute approximate surface area is 196 Å². The Bertz CT molecular complexity index is 1030. The number of hydrogen-bond donors (Lipinski definition) is 1. The van der Waals surface area contributed by atoms with Crippen LogP contribution in [0.5, 0.6) is 0 Å². The van der Waals surface area contributed by atoms with Gasteiger partial charge in [0, 0.05) is 36.8 Å². The van der Waals surface area contributed by atoms with Crippen molar-refractivity contribution in [3.05, 3.63) is 23.8 Å². The molecule has 2 heterocycles. The predicted molar refractivity (Wildman–Crippen MR) is 126 cm³/mol. The monoisotopic (exact) mass is 473 g/mol. The maximum atomic E-state index is 13.5. The summed E-state index contributed by atoms with van der Waals surface area (Å²) in [4.78, 5) is 27.7. The first-order valence-electron chi connectivity index (χ1n) is 12.6. The van der Waals surface area contributed by atoms with E-state index in [0.717, 1.165) is 56.2 Å². The molecule has 1 saturated heterocycles. The zero-order valence-electron chi connectivity index (χ0n) is 19.5. The first kappa shape index (κ1) is 22.8. The maximum Gasteiger partial charge on any atom is 0.243 e. The number of carbonyl (C=O) groups is 2. The van der Waals surface area contributed by atoms with Crippen LogP contribution in [0.25, 0.3) is 0 Å². The number of fused-ring (bicyclic) bond motifs is 1. The van der Waals surface area contributed by atoms with Gasteiger partial charge in [-0.3, -0.25) is 9.59 Å². The van der Waals surface area contributed by atoms with Gasteiger partial charge in [-0.25, -0.2) is 8.42 Å². The number of piperidine rings is 1. The minimum atomic E-state index is -3.69. The van der Waals surface area contributed by atoms with E-state index in [4.69, 9.17) is 0 Å². The molecule has 7 nitrogen and oxygen atoms in total. The molecule has 1 aromatic rings. The van der Waals surface area contributed by atoms with Crippen molar-refractivity contribution in [1.82, 2.24) is 9.62 Å². The number of nitrogens with one attached hydrogen (secondary N) is 1. The van der Waals surface area contributed by atoms with Crippen molar-refractivity contribution in [3.8, 4) is 0 Å². The van der Waals surface area contributed by atoms with Gasteiger partial charge in [0.05, 0.1) is 10.8 Å². The molecule has 1 N–H and O–H groups in total. The molecule has 180 valence electrons. The van der Waals surface area contributed by atoms with Gasteiger partial charge in [0.25, 0.3) is 0 Å². The van der Waals surface area contributed by atoms with Crippen LogP contribution in [0, 0.1) is 11.8 Å². The summed E-state index contributed by atoms with van der Waals surface area (Å²) in [7, 11) is -3.69. The minimum Gasteiger partial charge on any atom is -0.353 e. The van der Waals surface area contributed by atoms with Crippen LogP contribution in [-0.2, 0) is 26.0 Å². The summed E-state index contributed by atoms with van der Waals surface area (Å²) in [5.41, 5.74) is 1.77. The number of hydrogen-bond acceptors (Lipinski definition) is 4. The van der Waals surface area contributed by atoms with Crippen molar-refractivity contribution in [3.63, 3.8) is 0 Å². The molecule has 2 unspecified atom stereocenters. The number of sulfonamides is 1. The van der Waals surface area contributed by atoms with Crippen LogP contribution in [0.3, 0.4) is 0 Å². The van der Waals surface area contributed by atoms with Gasteiger partial charge in [0.2, 0.25) is 21.8 Å². The second kappa shape index (κ2) is 9.02. The van der Waals surface area contributed by atoms with E-state index in [9.17, 15) is 18.0 Å². The number of nitrogens with zero attached hydrogens (tertiary/aromatic N) is 2. The largest absolute Gasteiger partial charge is 0.353 e. The fraction of sp³-hybridized carbons (Fsp3) is 0.680. The standard InChI is InChI=1S/C25H35N3O4S/c1-17-14-20-15-22(11-12-23(20)28(17)25(30)18-9-10-18)33(31,32)27-13-5-6-19(16-27)24(29)26-21-7-3-2-4-8-21/h11-12,15,17-19,21H,2-10,13-14,16H2,1H3,(H,26,29). The normalized spacial score (nSPS) is 26.8. The third-order valence-corrected chi connectivity index (χ3v) is 9.64. The summed E-state index contributed by atoms with van der Waals surface area (Å²) >= 11 is 0. The van der Waals surface area contributed by atoms with Gasteiger partial charge in [0.1, 0.15) is 0 Å². The van der Waals surface area contributed by atoms with Crippen LogP contribution in [0.15, 0.2) is 23.1 Å². The molecule has 1 aromatic carbocycles.